The molecule has 3 rings (SSSR count). The molecule has 2 fully saturated rings. The molecule has 2 unspecified atom stereocenters. The second-order valence-electron chi connectivity index (χ2n) is 5.44. The molecule has 2 saturated heterocycles. The maximum Gasteiger partial charge on any atom is 0.119 e. The smallest absolute Gasteiger partial charge is 0.119 e. The molecule has 2 heterocycles. The first-order chi connectivity index (χ1) is 9.80. The predicted molar refractivity (Wildman–Crippen MR) is 75.4 cm³/mol. The summed E-state index contributed by atoms with van der Waals surface area (Å²) in [5, 5.41) is 12.4. The largest absolute Gasteiger partial charge is 0.497 e. The second-order valence-corrected chi connectivity index (χ2v) is 5.44. The van der Waals surface area contributed by atoms with Gasteiger partial charge in [-0.2, -0.15) is 0 Å². The van der Waals surface area contributed by atoms with Gasteiger partial charge in [-0.25, -0.2) is 0 Å². The number of morpholine rings is 1. The summed E-state index contributed by atoms with van der Waals surface area (Å²) in [6.45, 7) is 2.30. The van der Waals surface area contributed by atoms with Crippen molar-refractivity contribution in [2.75, 3.05) is 20.3 Å². The molecule has 1 N–H and O–H groups in total. The highest BCUT2D eigenvalue weighted by atomic mass is 16.5. The number of methoxy groups -OCH3 is 1. The number of fused-ring (bicyclic) bond motifs is 2. The lowest BCUT2D eigenvalue weighted by Crippen LogP contribution is -2.56. The highest BCUT2D eigenvalue weighted by Gasteiger charge is 2.37. The SMILES string of the molecule is COc1cccc(CN2C3COCC2CC(=NO)C3)c1. The molecule has 0 spiro atoms. The molecule has 108 valence electrons. The first-order valence-electron chi connectivity index (χ1n) is 6.96. The van der Waals surface area contributed by atoms with E-state index in [0.717, 1.165) is 30.8 Å². The Hall–Kier alpha value is -1.59. The third-order valence-corrected chi connectivity index (χ3v) is 4.14. The van der Waals surface area contributed by atoms with Crippen molar-refractivity contribution in [1.82, 2.24) is 4.90 Å². The van der Waals surface area contributed by atoms with E-state index in [1.807, 2.05) is 12.1 Å². The van der Waals surface area contributed by atoms with E-state index in [0.29, 0.717) is 25.3 Å². The van der Waals surface area contributed by atoms with Crippen molar-refractivity contribution in [3.05, 3.63) is 29.8 Å². The van der Waals surface area contributed by atoms with Crippen LogP contribution in [0.2, 0.25) is 0 Å². The maximum atomic E-state index is 9.00. The fourth-order valence-electron chi connectivity index (χ4n) is 3.13. The number of ether oxygens (including phenoxy) is 2. The summed E-state index contributed by atoms with van der Waals surface area (Å²) in [4.78, 5) is 2.47. The van der Waals surface area contributed by atoms with Gasteiger partial charge < -0.3 is 14.7 Å². The minimum atomic E-state index is 0.305. The zero-order valence-corrected chi connectivity index (χ0v) is 11.7. The molecule has 20 heavy (non-hydrogen) atoms. The van der Waals surface area contributed by atoms with Crippen LogP contribution in [-0.4, -0.2) is 48.2 Å². The minimum absolute atomic E-state index is 0.305. The van der Waals surface area contributed by atoms with Crippen LogP contribution in [0, 0.1) is 0 Å². The van der Waals surface area contributed by atoms with E-state index in [9.17, 15) is 0 Å². The van der Waals surface area contributed by atoms with E-state index in [1.165, 1.54) is 5.56 Å². The monoisotopic (exact) mass is 276 g/mol. The Labute approximate surface area is 118 Å². The summed E-state index contributed by atoms with van der Waals surface area (Å²) in [5.74, 6) is 0.888. The van der Waals surface area contributed by atoms with Crippen molar-refractivity contribution < 1.29 is 14.7 Å². The van der Waals surface area contributed by atoms with Crippen molar-refractivity contribution >= 4 is 5.71 Å². The van der Waals surface area contributed by atoms with Crippen LogP contribution in [0.4, 0.5) is 0 Å². The van der Waals surface area contributed by atoms with Gasteiger partial charge in [-0.3, -0.25) is 4.90 Å². The molecule has 1 aromatic rings. The lowest BCUT2D eigenvalue weighted by Gasteiger charge is -2.45. The van der Waals surface area contributed by atoms with Crippen molar-refractivity contribution in [3.63, 3.8) is 0 Å². The van der Waals surface area contributed by atoms with Gasteiger partial charge in [0.05, 0.1) is 26.0 Å². The summed E-state index contributed by atoms with van der Waals surface area (Å²) >= 11 is 0. The first kappa shape index (κ1) is 13.4. The molecule has 0 amide bonds. The zero-order valence-electron chi connectivity index (χ0n) is 11.7. The summed E-state index contributed by atoms with van der Waals surface area (Å²) < 4.78 is 10.9. The lowest BCUT2D eigenvalue weighted by atomic mass is 9.92. The number of rotatable bonds is 3. The lowest BCUT2D eigenvalue weighted by molar-refractivity contribution is -0.0575. The number of piperidine rings is 1. The third kappa shape index (κ3) is 2.64. The van der Waals surface area contributed by atoms with Gasteiger partial charge in [-0.1, -0.05) is 17.3 Å². The number of hydrogen-bond donors (Lipinski definition) is 1. The van der Waals surface area contributed by atoms with Gasteiger partial charge in [-0.15, -0.1) is 0 Å². The highest BCUT2D eigenvalue weighted by Crippen LogP contribution is 2.28. The standard InChI is InChI=1S/C15H20N2O3/c1-19-15-4-2-3-11(5-15)8-17-13-6-12(16-18)7-14(17)10-20-9-13/h2-5,13-14,18H,6-10H2,1H3. The first-order valence-corrected chi connectivity index (χ1v) is 6.96. The zero-order chi connectivity index (χ0) is 13.9. The fraction of sp³-hybridized carbons (Fsp3) is 0.533. The molecule has 5 nitrogen and oxygen atoms in total. The Morgan fingerprint density at radius 1 is 1.35 bits per heavy atom. The molecule has 2 aliphatic rings. The number of benzene rings is 1. The van der Waals surface area contributed by atoms with Crippen LogP contribution in [0.15, 0.2) is 29.4 Å². The van der Waals surface area contributed by atoms with Crippen LogP contribution in [-0.2, 0) is 11.3 Å². The van der Waals surface area contributed by atoms with Gasteiger partial charge in [0.2, 0.25) is 0 Å². The molecular weight excluding hydrogens is 256 g/mol. The molecule has 1 aromatic carbocycles. The second kappa shape index (κ2) is 5.81. The van der Waals surface area contributed by atoms with E-state index in [1.54, 1.807) is 7.11 Å². The normalized spacial score (nSPS) is 26.4. The molecule has 2 aliphatic heterocycles. The fourth-order valence-corrected chi connectivity index (χ4v) is 3.13. The van der Waals surface area contributed by atoms with Gasteiger partial charge in [-0.05, 0) is 17.7 Å². The molecule has 0 aliphatic carbocycles. The molecule has 5 heteroatoms. The summed E-state index contributed by atoms with van der Waals surface area (Å²) in [7, 11) is 1.69. The van der Waals surface area contributed by atoms with Crippen molar-refractivity contribution in [2.24, 2.45) is 5.16 Å². The van der Waals surface area contributed by atoms with Gasteiger partial charge in [0.15, 0.2) is 0 Å². The van der Waals surface area contributed by atoms with Crippen molar-refractivity contribution in [1.29, 1.82) is 0 Å². The maximum absolute atomic E-state index is 9.00. The molecular formula is C15H20N2O3. The number of hydrogen-bond acceptors (Lipinski definition) is 5. The van der Waals surface area contributed by atoms with Gasteiger partial charge >= 0.3 is 0 Å². The summed E-state index contributed by atoms with van der Waals surface area (Å²) in [6.07, 6.45) is 1.58. The van der Waals surface area contributed by atoms with Gasteiger partial charge in [0, 0.05) is 31.5 Å². The van der Waals surface area contributed by atoms with Crippen LogP contribution >= 0.6 is 0 Å². The van der Waals surface area contributed by atoms with Gasteiger partial charge in [0.1, 0.15) is 5.75 Å². The highest BCUT2D eigenvalue weighted by molar-refractivity contribution is 5.86. The molecule has 2 atom stereocenters. The van der Waals surface area contributed by atoms with E-state index in [-0.39, 0.29) is 0 Å². The Kier molecular flexibility index (Phi) is 3.89. The molecule has 0 radical (unpaired) electrons. The van der Waals surface area contributed by atoms with Crippen LogP contribution in [0.3, 0.4) is 0 Å². The van der Waals surface area contributed by atoms with Crippen molar-refractivity contribution in [2.45, 2.75) is 31.5 Å². The van der Waals surface area contributed by atoms with Crippen LogP contribution in [0.25, 0.3) is 0 Å². The Bertz CT molecular complexity index is 488. The van der Waals surface area contributed by atoms with E-state index in [4.69, 9.17) is 14.7 Å². The summed E-state index contributed by atoms with van der Waals surface area (Å²) in [6, 6.07) is 8.78. The van der Waals surface area contributed by atoms with Crippen molar-refractivity contribution in [3.8, 4) is 5.75 Å². The van der Waals surface area contributed by atoms with E-state index < -0.39 is 0 Å². The topological polar surface area (TPSA) is 54.3 Å². The van der Waals surface area contributed by atoms with Crippen LogP contribution in [0.1, 0.15) is 18.4 Å². The predicted octanol–water partition coefficient (Wildman–Crippen LogP) is 1.89. The Morgan fingerprint density at radius 3 is 2.75 bits per heavy atom. The van der Waals surface area contributed by atoms with E-state index in [2.05, 4.69) is 22.2 Å². The van der Waals surface area contributed by atoms with Crippen LogP contribution in [0.5, 0.6) is 5.75 Å². The molecule has 0 saturated carbocycles. The van der Waals surface area contributed by atoms with Gasteiger partial charge in [0.25, 0.3) is 0 Å². The van der Waals surface area contributed by atoms with Crippen LogP contribution < -0.4 is 4.74 Å². The number of nitrogens with zero attached hydrogens (tertiary/aromatic N) is 2. The third-order valence-electron chi connectivity index (χ3n) is 4.14. The van der Waals surface area contributed by atoms with E-state index >= 15 is 0 Å². The quantitative estimate of drug-likeness (QED) is 0.676. The number of oxime groups is 1. The Morgan fingerprint density at radius 2 is 2.10 bits per heavy atom. The Balaban J connectivity index is 1.76. The minimum Gasteiger partial charge on any atom is -0.497 e. The molecule has 0 aromatic heterocycles. The summed E-state index contributed by atoms with van der Waals surface area (Å²) in [5.41, 5.74) is 2.14. The average molecular weight is 276 g/mol. The molecule has 2 bridgehead atoms. The average Bonchev–Trinajstić information content (AvgIpc) is 2.47.